The molecule has 3 nitrogen and oxygen atoms in total. The third-order valence-corrected chi connectivity index (χ3v) is 3.76. The van der Waals surface area contributed by atoms with Gasteiger partial charge < -0.3 is 5.11 Å². The van der Waals surface area contributed by atoms with Crippen molar-refractivity contribution in [2.45, 2.75) is 25.7 Å². The van der Waals surface area contributed by atoms with Crippen LogP contribution in [-0.2, 0) is 4.79 Å². The van der Waals surface area contributed by atoms with E-state index in [0.29, 0.717) is 23.4 Å². The fourth-order valence-electron chi connectivity index (χ4n) is 2.60. The van der Waals surface area contributed by atoms with Crippen LogP contribution in [0, 0.1) is 11.8 Å². The highest BCUT2D eigenvalue weighted by atomic mass is 35.5. The molecule has 0 heterocycles. The first-order valence-corrected chi connectivity index (χ1v) is 6.50. The molecule has 2 atom stereocenters. The zero-order chi connectivity index (χ0) is 13.1. The number of hydrogen-bond donors (Lipinski definition) is 1. The van der Waals surface area contributed by atoms with Gasteiger partial charge in [0.15, 0.2) is 5.78 Å². The summed E-state index contributed by atoms with van der Waals surface area (Å²) in [6.07, 6.45) is 3.05. The number of aliphatic carboxylic acids is 1. The quantitative estimate of drug-likeness (QED) is 0.853. The van der Waals surface area contributed by atoms with Crippen molar-refractivity contribution in [2.75, 3.05) is 0 Å². The van der Waals surface area contributed by atoms with E-state index in [2.05, 4.69) is 0 Å². The fraction of sp³-hybridized carbons (Fsp3) is 0.429. The molecule has 0 aliphatic heterocycles. The first kappa shape index (κ1) is 13.1. The summed E-state index contributed by atoms with van der Waals surface area (Å²) in [6.45, 7) is 0. The van der Waals surface area contributed by atoms with Crippen LogP contribution in [0.15, 0.2) is 24.3 Å². The third-order valence-electron chi connectivity index (χ3n) is 3.53. The summed E-state index contributed by atoms with van der Waals surface area (Å²) >= 11 is 5.86. The van der Waals surface area contributed by atoms with Gasteiger partial charge in [-0.25, -0.2) is 0 Å². The lowest BCUT2D eigenvalue weighted by molar-refractivity contribution is -0.144. The topological polar surface area (TPSA) is 54.4 Å². The molecule has 1 fully saturated rings. The first-order valence-electron chi connectivity index (χ1n) is 6.12. The van der Waals surface area contributed by atoms with Crippen molar-refractivity contribution in [1.29, 1.82) is 0 Å². The molecule has 0 amide bonds. The minimum atomic E-state index is -0.866. The minimum Gasteiger partial charge on any atom is -0.481 e. The van der Waals surface area contributed by atoms with Crippen molar-refractivity contribution in [3.05, 3.63) is 34.9 Å². The number of carboxylic acid groups (broad SMARTS) is 1. The number of carboxylic acids is 1. The van der Waals surface area contributed by atoms with Gasteiger partial charge in [-0.05, 0) is 25.0 Å². The van der Waals surface area contributed by atoms with E-state index in [1.54, 1.807) is 24.3 Å². The molecule has 18 heavy (non-hydrogen) atoms. The molecule has 1 saturated carbocycles. The Balaban J connectivity index is 2.23. The Hall–Kier alpha value is -1.35. The van der Waals surface area contributed by atoms with Gasteiger partial charge >= 0.3 is 5.97 Å². The summed E-state index contributed by atoms with van der Waals surface area (Å²) in [5, 5.41) is 9.68. The van der Waals surface area contributed by atoms with Crippen molar-refractivity contribution in [1.82, 2.24) is 0 Å². The van der Waals surface area contributed by atoms with Crippen molar-refractivity contribution in [3.63, 3.8) is 0 Å². The molecule has 96 valence electrons. The SMILES string of the molecule is O=C(c1cccc(Cl)c1)[C@H]1CCCC[C@H]1C(=O)O. The summed E-state index contributed by atoms with van der Waals surface area (Å²) in [5.41, 5.74) is 0.514. The number of carbonyl (C=O) groups is 2. The Morgan fingerprint density at radius 3 is 2.44 bits per heavy atom. The summed E-state index contributed by atoms with van der Waals surface area (Å²) < 4.78 is 0. The Kier molecular flexibility index (Phi) is 4.02. The average Bonchev–Trinajstić information content (AvgIpc) is 2.38. The van der Waals surface area contributed by atoms with Crippen LogP contribution in [-0.4, -0.2) is 16.9 Å². The lowest BCUT2D eigenvalue weighted by atomic mass is 9.75. The van der Waals surface area contributed by atoms with E-state index in [0.717, 1.165) is 12.8 Å². The van der Waals surface area contributed by atoms with Gasteiger partial charge in [-0.1, -0.05) is 36.6 Å². The van der Waals surface area contributed by atoms with Gasteiger partial charge in [-0.2, -0.15) is 0 Å². The lowest BCUT2D eigenvalue weighted by Gasteiger charge is -2.27. The number of rotatable bonds is 3. The van der Waals surface area contributed by atoms with Crippen LogP contribution in [0.2, 0.25) is 5.02 Å². The highest BCUT2D eigenvalue weighted by Gasteiger charge is 2.35. The van der Waals surface area contributed by atoms with Gasteiger partial charge in [0, 0.05) is 16.5 Å². The predicted molar refractivity (Wildman–Crippen MR) is 68.9 cm³/mol. The molecule has 1 aliphatic rings. The Labute approximate surface area is 111 Å². The summed E-state index contributed by atoms with van der Waals surface area (Å²) in [4.78, 5) is 23.5. The third kappa shape index (κ3) is 2.72. The van der Waals surface area contributed by atoms with Gasteiger partial charge in [0.2, 0.25) is 0 Å². The van der Waals surface area contributed by atoms with Crippen molar-refractivity contribution < 1.29 is 14.7 Å². The molecule has 0 radical (unpaired) electrons. The van der Waals surface area contributed by atoms with Crippen LogP contribution in [0.1, 0.15) is 36.0 Å². The Bertz CT molecular complexity index is 470. The number of halogens is 1. The first-order chi connectivity index (χ1) is 8.59. The molecule has 1 aromatic rings. The second kappa shape index (κ2) is 5.53. The van der Waals surface area contributed by atoms with E-state index in [1.165, 1.54) is 0 Å². The standard InChI is InChI=1S/C14H15ClO3/c15-10-5-3-4-9(8-10)13(16)11-6-1-2-7-12(11)14(17)18/h3-5,8,11-12H,1-2,6-7H2,(H,17,18)/t11-,12+/m0/s1. The maximum atomic E-state index is 12.3. The van der Waals surface area contributed by atoms with Crippen molar-refractivity contribution in [2.24, 2.45) is 11.8 Å². The lowest BCUT2D eigenvalue weighted by Crippen LogP contribution is -2.32. The second-order valence-corrected chi connectivity index (χ2v) is 5.15. The molecule has 0 bridgehead atoms. The van der Waals surface area contributed by atoms with Crippen molar-refractivity contribution in [3.8, 4) is 0 Å². The normalized spacial score (nSPS) is 23.6. The monoisotopic (exact) mass is 266 g/mol. The Morgan fingerprint density at radius 2 is 1.83 bits per heavy atom. The zero-order valence-corrected chi connectivity index (χ0v) is 10.7. The highest BCUT2D eigenvalue weighted by molar-refractivity contribution is 6.31. The molecule has 4 heteroatoms. The van der Waals surface area contributed by atoms with E-state index in [4.69, 9.17) is 11.6 Å². The highest BCUT2D eigenvalue weighted by Crippen LogP contribution is 2.33. The van der Waals surface area contributed by atoms with Crippen LogP contribution in [0.4, 0.5) is 0 Å². The van der Waals surface area contributed by atoms with Crippen LogP contribution in [0.5, 0.6) is 0 Å². The summed E-state index contributed by atoms with van der Waals surface area (Å²) in [6, 6.07) is 6.72. The molecule has 1 aromatic carbocycles. The summed E-state index contributed by atoms with van der Waals surface area (Å²) in [7, 11) is 0. The molecular weight excluding hydrogens is 252 g/mol. The molecular formula is C14H15ClO3. The molecule has 2 rings (SSSR count). The average molecular weight is 267 g/mol. The number of hydrogen-bond acceptors (Lipinski definition) is 2. The smallest absolute Gasteiger partial charge is 0.307 e. The number of carbonyl (C=O) groups excluding carboxylic acids is 1. The van der Waals surface area contributed by atoms with Crippen molar-refractivity contribution >= 4 is 23.4 Å². The maximum Gasteiger partial charge on any atom is 0.307 e. The molecule has 1 N–H and O–H groups in total. The van der Waals surface area contributed by atoms with E-state index < -0.39 is 17.8 Å². The van der Waals surface area contributed by atoms with Gasteiger partial charge in [-0.3, -0.25) is 9.59 Å². The molecule has 1 aliphatic carbocycles. The molecule has 0 aromatic heterocycles. The van der Waals surface area contributed by atoms with Crippen LogP contribution >= 0.6 is 11.6 Å². The van der Waals surface area contributed by atoms with Gasteiger partial charge in [0.05, 0.1) is 5.92 Å². The number of Topliss-reactive ketones (excluding diaryl/α,β-unsaturated/α-hetero) is 1. The number of ketones is 1. The van der Waals surface area contributed by atoms with E-state index in [1.807, 2.05) is 0 Å². The van der Waals surface area contributed by atoms with Gasteiger partial charge in [0.25, 0.3) is 0 Å². The maximum absolute atomic E-state index is 12.3. The minimum absolute atomic E-state index is 0.0930. The predicted octanol–water partition coefficient (Wildman–Crippen LogP) is 3.41. The Morgan fingerprint density at radius 1 is 1.17 bits per heavy atom. The second-order valence-electron chi connectivity index (χ2n) is 4.71. The van der Waals surface area contributed by atoms with E-state index >= 15 is 0 Å². The molecule has 0 spiro atoms. The molecule has 0 unspecified atom stereocenters. The van der Waals surface area contributed by atoms with E-state index in [-0.39, 0.29) is 5.78 Å². The molecule has 0 saturated heterocycles. The van der Waals surface area contributed by atoms with E-state index in [9.17, 15) is 14.7 Å². The zero-order valence-electron chi connectivity index (χ0n) is 9.93. The largest absolute Gasteiger partial charge is 0.481 e. The van der Waals surface area contributed by atoms with Crippen LogP contribution in [0.3, 0.4) is 0 Å². The van der Waals surface area contributed by atoms with Crippen LogP contribution in [0.25, 0.3) is 0 Å². The summed E-state index contributed by atoms with van der Waals surface area (Å²) in [5.74, 6) is -1.92. The van der Waals surface area contributed by atoms with Gasteiger partial charge in [-0.15, -0.1) is 0 Å². The van der Waals surface area contributed by atoms with Gasteiger partial charge in [0.1, 0.15) is 0 Å². The van der Waals surface area contributed by atoms with Crippen LogP contribution < -0.4 is 0 Å². The fourth-order valence-corrected chi connectivity index (χ4v) is 2.79. The number of benzene rings is 1.